The predicted molar refractivity (Wildman–Crippen MR) is 68.2 cm³/mol. The fourth-order valence-electron chi connectivity index (χ4n) is 1.88. The van der Waals surface area contributed by atoms with Gasteiger partial charge in [-0.1, -0.05) is 6.07 Å². The lowest BCUT2D eigenvalue weighted by Crippen LogP contribution is -1.99. The number of aromatic amines is 1. The number of rotatable bonds is 5. The van der Waals surface area contributed by atoms with Crippen LogP contribution in [-0.4, -0.2) is 23.3 Å². The van der Waals surface area contributed by atoms with E-state index in [-0.39, 0.29) is 5.82 Å². The molecule has 1 aromatic carbocycles. The number of methoxy groups -OCH3 is 1. The van der Waals surface area contributed by atoms with Crippen molar-refractivity contribution in [1.82, 2.24) is 9.55 Å². The molecule has 0 amide bonds. The van der Waals surface area contributed by atoms with Crippen LogP contribution in [0.4, 0.5) is 4.39 Å². The van der Waals surface area contributed by atoms with E-state index < -0.39 is 0 Å². The fourth-order valence-corrected chi connectivity index (χ4v) is 2.18. The average Bonchev–Trinajstić information content (AvgIpc) is 2.63. The number of hydrogen-bond donors (Lipinski definition) is 1. The number of fused-ring (bicyclic) bond motifs is 1. The Morgan fingerprint density at radius 1 is 1.41 bits per heavy atom. The summed E-state index contributed by atoms with van der Waals surface area (Å²) in [6.45, 7) is 1.52. The molecule has 0 bridgehead atoms. The largest absolute Gasteiger partial charge is 0.385 e. The van der Waals surface area contributed by atoms with Gasteiger partial charge in [-0.2, -0.15) is 0 Å². The van der Waals surface area contributed by atoms with Gasteiger partial charge in [-0.05, 0) is 37.2 Å². The fraction of sp³-hybridized carbons (Fsp3) is 0.417. The number of para-hydroxylation sites is 1. The molecule has 1 aromatic heterocycles. The number of halogens is 1. The number of ether oxygens (including phenoxy) is 1. The van der Waals surface area contributed by atoms with Gasteiger partial charge < -0.3 is 14.3 Å². The summed E-state index contributed by atoms with van der Waals surface area (Å²) in [4.78, 5) is 2.91. The molecule has 0 aliphatic heterocycles. The number of benzene rings is 1. The van der Waals surface area contributed by atoms with Crippen molar-refractivity contribution >= 4 is 23.3 Å². The second-order valence-electron chi connectivity index (χ2n) is 3.92. The van der Waals surface area contributed by atoms with E-state index in [9.17, 15) is 4.39 Å². The summed E-state index contributed by atoms with van der Waals surface area (Å²) in [6.07, 6.45) is 1.94. The molecule has 0 unspecified atom stereocenters. The number of H-pyrrole nitrogens is 1. The first kappa shape index (κ1) is 12.3. The summed E-state index contributed by atoms with van der Waals surface area (Å²) >= 11 is 5.20. The van der Waals surface area contributed by atoms with Crippen molar-refractivity contribution in [3.8, 4) is 0 Å². The molecular weight excluding hydrogens is 239 g/mol. The smallest absolute Gasteiger partial charge is 0.178 e. The van der Waals surface area contributed by atoms with Crippen LogP contribution >= 0.6 is 12.2 Å². The summed E-state index contributed by atoms with van der Waals surface area (Å²) < 4.78 is 21.0. The van der Waals surface area contributed by atoms with E-state index in [4.69, 9.17) is 17.0 Å². The quantitative estimate of drug-likeness (QED) is 0.655. The van der Waals surface area contributed by atoms with Gasteiger partial charge in [0.25, 0.3) is 0 Å². The van der Waals surface area contributed by atoms with Gasteiger partial charge in [-0.3, -0.25) is 0 Å². The van der Waals surface area contributed by atoms with Gasteiger partial charge in [0.15, 0.2) is 4.77 Å². The molecule has 0 fully saturated rings. The van der Waals surface area contributed by atoms with Gasteiger partial charge in [-0.25, -0.2) is 4.39 Å². The molecule has 2 aromatic rings. The summed E-state index contributed by atoms with van der Waals surface area (Å²) in [7, 11) is 1.69. The summed E-state index contributed by atoms with van der Waals surface area (Å²) in [5.74, 6) is -0.260. The van der Waals surface area contributed by atoms with E-state index in [2.05, 4.69) is 4.98 Å². The average molecular weight is 254 g/mol. The highest BCUT2D eigenvalue weighted by Crippen LogP contribution is 2.17. The molecule has 92 valence electrons. The first-order valence-corrected chi connectivity index (χ1v) is 6.01. The van der Waals surface area contributed by atoms with Crippen molar-refractivity contribution in [1.29, 1.82) is 0 Å². The van der Waals surface area contributed by atoms with Gasteiger partial charge in [0.1, 0.15) is 11.3 Å². The maximum Gasteiger partial charge on any atom is 0.178 e. The number of unbranched alkanes of at least 4 members (excludes halogenated alkanes) is 1. The lowest BCUT2D eigenvalue weighted by molar-refractivity contribution is 0.191. The second kappa shape index (κ2) is 5.42. The van der Waals surface area contributed by atoms with Crippen LogP contribution in [0.25, 0.3) is 11.0 Å². The molecular formula is C12H15FN2OS. The molecule has 1 heterocycles. The zero-order valence-electron chi connectivity index (χ0n) is 9.70. The number of imidazole rings is 1. The molecule has 0 atom stereocenters. The minimum atomic E-state index is -0.260. The maximum absolute atomic E-state index is 13.5. The van der Waals surface area contributed by atoms with Crippen molar-refractivity contribution in [2.24, 2.45) is 0 Å². The lowest BCUT2D eigenvalue weighted by atomic mass is 10.3. The Bertz CT molecular complexity index is 561. The molecule has 0 aliphatic carbocycles. The van der Waals surface area contributed by atoms with E-state index in [1.165, 1.54) is 6.07 Å². The van der Waals surface area contributed by atoms with E-state index in [1.807, 2.05) is 10.6 Å². The highest BCUT2D eigenvalue weighted by atomic mass is 32.1. The number of aryl methyl sites for hydroxylation is 1. The zero-order chi connectivity index (χ0) is 12.3. The Labute approximate surface area is 104 Å². The van der Waals surface area contributed by atoms with E-state index in [1.54, 1.807) is 13.2 Å². The maximum atomic E-state index is 13.5. The monoisotopic (exact) mass is 254 g/mol. The van der Waals surface area contributed by atoms with Crippen molar-refractivity contribution in [2.45, 2.75) is 19.4 Å². The van der Waals surface area contributed by atoms with Crippen LogP contribution < -0.4 is 0 Å². The van der Waals surface area contributed by atoms with E-state index >= 15 is 0 Å². The summed E-state index contributed by atoms with van der Waals surface area (Å²) in [6, 6.07) is 5.01. The second-order valence-corrected chi connectivity index (χ2v) is 4.30. The third-order valence-corrected chi connectivity index (χ3v) is 3.06. The highest BCUT2D eigenvalue weighted by Gasteiger charge is 2.07. The third-order valence-electron chi connectivity index (χ3n) is 2.74. The van der Waals surface area contributed by atoms with Crippen molar-refractivity contribution in [3.63, 3.8) is 0 Å². The SMILES string of the molecule is COCCCCn1c(=S)[nH]c2c(F)cccc21. The minimum absolute atomic E-state index is 0.260. The van der Waals surface area contributed by atoms with Crippen LogP contribution in [0, 0.1) is 10.6 Å². The Morgan fingerprint density at radius 3 is 3.00 bits per heavy atom. The molecule has 0 aliphatic rings. The third kappa shape index (κ3) is 2.56. The molecule has 3 nitrogen and oxygen atoms in total. The first-order chi connectivity index (χ1) is 8.24. The topological polar surface area (TPSA) is 29.9 Å². The zero-order valence-corrected chi connectivity index (χ0v) is 10.5. The minimum Gasteiger partial charge on any atom is -0.385 e. The van der Waals surface area contributed by atoms with Crippen LogP contribution in [0.1, 0.15) is 12.8 Å². The number of nitrogens with zero attached hydrogens (tertiary/aromatic N) is 1. The van der Waals surface area contributed by atoms with Gasteiger partial charge in [0.05, 0.1) is 5.52 Å². The Kier molecular flexibility index (Phi) is 3.91. The van der Waals surface area contributed by atoms with Crippen LogP contribution in [0.5, 0.6) is 0 Å². The molecule has 2 rings (SSSR count). The highest BCUT2D eigenvalue weighted by molar-refractivity contribution is 7.71. The number of nitrogens with one attached hydrogen (secondary N) is 1. The van der Waals surface area contributed by atoms with Crippen LogP contribution in [0.3, 0.4) is 0 Å². The van der Waals surface area contributed by atoms with Gasteiger partial charge in [0.2, 0.25) is 0 Å². The van der Waals surface area contributed by atoms with Gasteiger partial charge >= 0.3 is 0 Å². The predicted octanol–water partition coefficient (Wildman–Crippen LogP) is 3.26. The molecule has 17 heavy (non-hydrogen) atoms. The summed E-state index contributed by atoms with van der Waals surface area (Å²) in [5.41, 5.74) is 1.32. The van der Waals surface area contributed by atoms with E-state index in [0.717, 1.165) is 31.5 Å². The Morgan fingerprint density at radius 2 is 2.24 bits per heavy atom. The lowest BCUT2D eigenvalue weighted by Gasteiger charge is -2.04. The molecule has 0 spiro atoms. The van der Waals surface area contributed by atoms with Crippen molar-refractivity contribution in [3.05, 3.63) is 28.8 Å². The molecule has 0 radical (unpaired) electrons. The molecule has 0 saturated carbocycles. The Balaban J connectivity index is 2.25. The standard InChI is InChI=1S/C12H15FN2OS/c1-16-8-3-2-7-15-10-6-4-5-9(13)11(10)14-12(15)17/h4-6H,2-3,7-8H2,1H3,(H,14,17). The van der Waals surface area contributed by atoms with Crippen LogP contribution in [0.2, 0.25) is 0 Å². The summed E-state index contributed by atoms with van der Waals surface area (Å²) in [5, 5.41) is 0. The number of hydrogen-bond acceptors (Lipinski definition) is 2. The molecule has 1 N–H and O–H groups in total. The van der Waals surface area contributed by atoms with Gasteiger partial charge in [-0.15, -0.1) is 0 Å². The Hall–Kier alpha value is -1.20. The van der Waals surface area contributed by atoms with Crippen molar-refractivity contribution < 1.29 is 9.13 Å². The normalized spacial score (nSPS) is 11.2. The van der Waals surface area contributed by atoms with Crippen molar-refractivity contribution in [2.75, 3.05) is 13.7 Å². The number of aromatic nitrogens is 2. The van der Waals surface area contributed by atoms with Crippen LogP contribution in [0.15, 0.2) is 18.2 Å². The van der Waals surface area contributed by atoms with E-state index in [0.29, 0.717) is 10.3 Å². The van der Waals surface area contributed by atoms with Crippen LogP contribution in [-0.2, 0) is 11.3 Å². The molecule has 5 heteroatoms. The molecule has 0 saturated heterocycles. The van der Waals surface area contributed by atoms with Gasteiger partial charge in [0, 0.05) is 20.3 Å². The first-order valence-electron chi connectivity index (χ1n) is 5.60.